The Kier molecular flexibility index (Phi) is 5.13. The number of ether oxygens (including phenoxy) is 1. The molecule has 1 fully saturated rings. The molecule has 7 heteroatoms. The van der Waals surface area contributed by atoms with Crippen LogP contribution in [-0.2, 0) is 11.2 Å². The molecule has 1 saturated heterocycles. The van der Waals surface area contributed by atoms with Crippen LogP contribution < -0.4 is 15.8 Å². The molecule has 4 N–H and O–H groups in total. The largest absolute Gasteiger partial charge is 0.480 e. The molecule has 1 aromatic rings. The molecule has 1 heterocycles. The number of rotatable bonds is 4. The zero-order chi connectivity index (χ0) is 15.2. The summed E-state index contributed by atoms with van der Waals surface area (Å²) in [5.41, 5.74) is 6.25. The van der Waals surface area contributed by atoms with Crippen LogP contribution in [0.3, 0.4) is 0 Å². The van der Waals surface area contributed by atoms with Gasteiger partial charge in [-0.2, -0.15) is 0 Å². The zero-order valence-electron chi connectivity index (χ0n) is 11.6. The topological polar surface area (TPSA) is 105 Å². The van der Waals surface area contributed by atoms with E-state index in [0.29, 0.717) is 18.8 Å². The van der Waals surface area contributed by atoms with E-state index in [1.807, 2.05) is 0 Å². The molecule has 1 unspecified atom stereocenters. The van der Waals surface area contributed by atoms with Crippen molar-refractivity contribution in [3.05, 3.63) is 29.8 Å². The molecule has 0 aliphatic carbocycles. The second-order valence-corrected chi connectivity index (χ2v) is 4.90. The van der Waals surface area contributed by atoms with E-state index in [1.54, 1.807) is 29.2 Å². The van der Waals surface area contributed by atoms with Gasteiger partial charge < -0.3 is 25.8 Å². The first kappa shape index (κ1) is 15.3. The first-order chi connectivity index (χ1) is 10.1. The van der Waals surface area contributed by atoms with Crippen molar-refractivity contribution in [3.63, 3.8) is 0 Å². The number of hydrogen-bond acceptors (Lipinski definition) is 5. The van der Waals surface area contributed by atoms with Gasteiger partial charge in [-0.1, -0.05) is 12.1 Å². The summed E-state index contributed by atoms with van der Waals surface area (Å²) < 4.78 is 5.27. The van der Waals surface area contributed by atoms with Gasteiger partial charge in [-0.3, -0.25) is 4.79 Å². The van der Waals surface area contributed by atoms with Crippen molar-refractivity contribution in [2.45, 2.75) is 12.5 Å². The van der Waals surface area contributed by atoms with Crippen molar-refractivity contribution in [1.82, 2.24) is 10.2 Å². The predicted octanol–water partition coefficient (Wildman–Crippen LogP) is 0.0450. The highest BCUT2D eigenvalue weighted by Crippen LogP contribution is 2.14. The number of benzene rings is 1. The molecular weight excluding hydrogens is 274 g/mol. The van der Waals surface area contributed by atoms with Gasteiger partial charge in [-0.05, 0) is 24.1 Å². The maximum atomic E-state index is 11.9. The smallest absolute Gasteiger partial charge is 0.415 e. The second-order valence-electron chi connectivity index (χ2n) is 4.90. The normalized spacial score (nSPS) is 16.3. The molecule has 1 aliphatic rings. The summed E-state index contributed by atoms with van der Waals surface area (Å²) in [5.74, 6) is -0.601. The molecule has 21 heavy (non-hydrogen) atoms. The third kappa shape index (κ3) is 4.44. The molecule has 0 spiro atoms. The Labute approximate surface area is 122 Å². The monoisotopic (exact) mass is 293 g/mol. The van der Waals surface area contributed by atoms with Gasteiger partial charge in [0.2, 0.25) is 0 Å². The minimum absolute atomic E-state index is 0.237. The summed E-state index contributed by atoms with van der Waals surface area (Å²) in [5, 5.41) is 11.9. The number of piperazine rings is 1. The number of nitrogens with two attached hydrogens (primary N) is 1. The standard InChI is InChI=1S/C14H19N3O4/c15-12(13(18)19)9-10-1-3-11(4-2-10)21-14(20)17-7-5-16-6-8-17/h1-4,12,16H,5-9,15H2,(H,18,19). The number of nitrogens with one attached hydrogen (secondary N) is 1. The molecule has 1 aliphatic heterocycles. The molecule has 2 rings (SSSR count). The molecule has 1 atom stereocenters. The van der Waals surface area contributed by atoms with Gasteiger partial charge in [-0.15, -0.1) is 0 Å². The number of amides is 1. The van der Waals surface area contributed by atoms with Crippen LogP contribution >= 0.6 is 0 Å². The lowest BCUT2D eigenvalue weighted by molar-refractivity contribution is -0.138. The maximum absolute atomic E-state index is 11.9. The molecular formula is C14H19N3O4. The molecule has 0 aromatic heterocycles. The van der Waals surface area contributed by atoms with Gasteiger partial charge in [0.25, 0.3) is 0 Å². The maximum Gasteiger partial charge on any atom is 0.415 e. The van der Waals surface area contributed by atoms with Crippen LogP contribution in [0.1, 0.15) is 5.56 Å². The minimum Gasteiger partial charge on any atom is -0.480 e. The number of aliphatic carboxylic acids is 1. The summed E-state index contributed by atoms with van der Waals surface area (Å²) in [6, 6.07) is 5.78. The van der Waals surface area contributed by atoms with Gasteiger partial charge in [0, 0.05) is 26.2 Å². The summed E-state index contributed by atoms with van der Waals surface area (Å²) in [6.45, 7) is 2.79. The fourth-order valence-corrected chi connectivity index (χ4v) is 2.05. The number of nitrogens with zero attached hydrogens (tertiary/aromatic N) is 1. The molecule has 0 radical (unpaired) electrons. The van der Waals surface area contributed by atoms with Crippen molar-refractivity contribution in [2.24, 2.45) is 5.73 Å². The summed E-state index contributed by atoms with van der Waals surface area (Å²) in [4.78, 5) is 24.2. The lowest BCUT2D eigenvalue weighted by atomic mass is 10.1. The number of carboxylic acid groups (broad SMARTS) is 1. The van der Waals surface area contributed by atoms with Gasteiger partial charge in [-0.25, -0.2) is 4.79 Å². The Hall–Kier alpha value is -2.12. The molecule has 0 saturated carbocycles. The number of carboxylic acids is 1. The average Bonchev–Trinajstić information content (AvgIpc) is 2.50. The first-order valence-corrected chi connectivity index (χ1v) is 6.81. The lowest BCUT2D eigenvalue weighted by Gasteiger charge is -2.26. The molecule has 1 amide bonds. The van der Waals surface area contributed by atoms with E-state index >= 15 is 0 Å². The molecule has 1 aromatic carbocycles. The van der Waals surface area contributed by atoms with E-state index in [4.69, 9.17) is 15.6 Å². The van der Waals surface area contributed by atoms with Gasteiger partial charge in [0.1, 0.15) is 11.8 Å². The number of carbonyl (C=O) groups is 2. The van der Waals surface area contributed by atoms with E-state index in [-0.39, 0.29) is 12.5 Å². The van der Waals surface area contributed by atoms with Crippen LogP contribution in [0.2, 0.25) is 0 Å². The summed E-state index contributed by atoms with van der Waals surface area (Å²) in [7, 11) is 0. The van der Waals surface area contributed by atoms with Crippen molar-refractivity contribution >= 4 is 12.1 Å². The van der Waals surface area contributed by atoms with Gasteiger partial charge >= 0.3 is 12.1 Å². The second kappa shape index (κ2) is 7.05. The lowest BCUT2D eigenvalue weighted by Crippen LogP contribution is -2.47. The average molecular weight is 293 g/mol. The van der Waals surface area contributed by atoms with E-state index in [0.717, 1.165) is 18.7 Å². The van der Waals surface area contributed by atoms with Crippen LogP contribution in [0, 0.1) is 0 Å². The third-order valence-electron chi connectivity index (χ3n) is 3.28. The number of hydrogen-bond donors (Lipinski definition) is 3. The zero-order valence-corrected chi connectivity index (χ0v) is 11.6. The van der Waals surface area contributed by atoms with Gasteiger partial charge in [0.15, 0.2) is 0 Å². The number of carbonyl (C=O) groups excluding carboxylic acids is 1. The van der Waals surface area contributed by atoms with Crippen LogP contribution in [-0.4, -0.2) is 54.3 Å². The van der Waals surface area contributed by atoms with Crippen LogP contribution in [0.4, 0.5) is 4.79 Å². The van der Waals surface area contributed by atoms with E-state index in [9.17, 15) is 9.59 Å². The van der Waals surface area contributed by atoms with E-state index in [2.05, 4.69) is 5.32 Å². The quantitative estimate of drug-likeness (QED) is 0.724. The summed E-state index contributed by atoms with van der Waals surface area (Å²) in [6.07, 6.45) is -0.132. The van der Waals surface area contributed by atoms with Crippen molar-refractivity contribution < 1.29 is 19.4 Å². The van der Waals surface area contributed by atoms with Crippen LogP contribution in [0.15, 0.2) is 24.3 Å². The fraction of sp³-hybridized carbons (Fsp3) is 0.429. The van der Waals surface area contributed by atoms with Crippen molar-refractivity contribution in [2.75, 3.05) is 26.2 Å². The Balaban J connectivity index is 1.89. The van der Waals surface area contributed by atoms with E-state index in [1.165, 1.54) is 0 Å². The highest BCUT2D eigenvalue weighted by atomic mass is 16.6. The third-order valence-corrected chi connectivity index (χ3v) is 3.28. The molecule has 7 nitrogen and oxygen atoms in total. The van der Waals surface area contributed by atoms with Crippen molar-refractivity contribution in [3.8, 4) is 5.75 Å². The Morgan fingerprint density at radius 2 is 1.90 bits per heavy atom. The Morgan fingerprint density at radius 1 is 1.29 bits per heavy atom. The Bertz CT molecular complexity index is 497. The van der Waals surface area contributed by atoms with Gasteiger partial charge in [0.05, 0.1) is 0 Å². The summed E-state index contributed by atoms with van der Waals surface area (Å²) >= 11 is 0. The minimum atomic E-state index is -1.04. The molecule has 114 valence electrons. The SMILES string of the molecule is NC(Cc1ccc(OC(=O)N2CCNCC2)cc1)C(=O)O. The fourth-order valence-electron chi connectivity index (χ4n) is 2.05. The van der Waals surface area contributed by atoms with Crippen LogP contribution in [0.5, 0.6) is 5.75 Å². The highest BCUT2D eigenvalue weighted by Gasteiger charge is 2.18. The Morgan fingerprint density at radius 3 is 2.48 bits per heavy atom. The highest BCUT2D eigenvalue weighted by molar-refractivity contribution is 5.73. The van der Waals surface area contributed by atoms with Crippen molar-refractivity contribution in [1.29, 1.82) is 0 Å². The predicted molar refractivity (Wildman–Crippen MR) is 76.2 cm³/mol. The first-order valence-electron chi connectivity index (χ1n) is 6.81. The van der Waals surface area contributed by atoms with Crippen LogP contribution in [0.25, 0.3) is 0 Å². The van der Waals surface area contributed by atoms with E-state index < -0.39 is 12.0 Å². The molecule has 0 bridgehead atoms.